The Morgan fingerprint density at radius 2 is 1.93 bits per heavy atom. The summed E-state index contributed by atoms with van der Waals surface area (Å²) in [6.07, 6.45) is 1.53. The van der Waals surface area contributed by atoms with Gasteiger partial charge in [-0.3, -0.25) is 4.79 Å². The summed E-state index contributed by atoms with van der Waals surface area (Å²) in [5.41, 5.74) is 3.14. The minimum atomic E-state index is -0.449. The first-order chi connectivity index (χ1) is 13.5. The highest BCUT2D eigenvalue weighted by Gasteiger charge is 2.33. The van der Waals surface area contributed by atoms with E-state index in [1.807, 2.05) is 12.1 Å². The first-order valence-corrected chi connectivity index (χ1v) is 10.3. The summed E-state index contributed by atoms with van der Waals surface area (Å²) >= 11 is 7.07. The van der Waals surface area contributed by atoms with Crippen LogP contribution in [0.2, 0.25) is 0 Å². The standard InChI is InChI=1S/C20H22ClNO5S/c1-4-27-20(24)18-17-12-10-14(26-3)13(25-2)8-11(12)9-15(17)28-19(18)22-16(23)6-5-7-21/h8,10H,4-7,9H2,1-3H3,(H,22,23). The van der Waals surface area contributed by atoms with Crippen LogP contribution in [0.15, 0.2) is 12.1 Å². The quantitative estimate of drug-likeness (QED) is 0.427. The number of carbonyl (C=O) groups is 2. The second-order valence-corrected chi connectivity index (χ2v) is 7.69. The SMILES string of the molecule is CCOC(=O)c1c(NC(=O)CCCCl)sc2c1-c1cc(OC)c(OC)cc1C2. The number of halogens is 1. The van der Waals surface area contributed by atoms with Crippen LogP contribution in [-0.4, -0.2) is 38.6 Å². The normalized spacial score (nSPS) is 11.6. The predicted molar refractivity (Wildman–Crippen MR) is 110 cm³/mol. The number of carbonyl (C=O) groups excluding carboxylic acids is 2. The molecule has 0 radical (unpaired) electrons. The zero-order valence-corrected chi connectivity index (χ0v) is 17.6. The molecule has 2 aromatic rings. The Labute approximate surface area is 172 Å². The van der Waals surface area contributed by atoms with Crippen LogP contribution in [0.4, 0.5) is 5.00 Å². The number of thiophene rings is 1. The highest BCUT2D eigenvalue weighted by atomic mass is 35.5. The Kier molecular flexibility index (Phi) is 6.46. The van der Waals surface area contributed by atoms with Crippen molar-refractivity contribution in [3.05, 3.63) is 28.1 Å². The monoisotopic (exact) mass is 423 g/mol. The van der Waals surface area contributed by atoms with E-state index in [0.29, 0.717) is 47.2 Å². The molecule has 0 saturated carbocycles. The molecule has 28 heavy (non-hydrogen) atoms. The molecule has 8 heteroatoms. The van der Waals surface area contributed by atoms with Gasteiger partial charge in [0.1, 0.15) is 10.6 Å². The number of anilines is 1. The van der Waals surface area contributed by atoms with Gasteiger partial charge in [-0.2, -0.15) is 0 Å². The number of benzene rings is 1. The van der Waals surface area contributed by atoms with Gasteiger partial charge in [-0.05, 0) is 36.6 Å². The van der Waals surface area contributed by atoms with Gasteiger partial charge in [0.2, 0.25) is 5.91 Å². The third kappa shape index (κ3) is 3.82. The molecule has 1 amide bonds. The number of nitrogens with one attached hydrogen (secondary N) is 1. The van der Waals surface area contributed by atoms with Crippen LogP contribution in [0, 0.1) is 0 Å². The van der Waals surface area contributed by atoms with Gasteiger partial charge < -0.3 is 19.5 Å². The molecule has 0 bridgehead atoms. The van der Waals surface area contributed by atoms with E-state index in [1.165, 1.54) is 11.3 Å². The van der Waals surface area contributed by atoms with Gasteiger partial charge in [0.15, 0.2) is 11.5 Å². The maximum absolute atomic E-state index is 12.7. The molecular weight excluding hydrogens is 402 g/mol. The minimum Gasteiger partial charge on any atom is -0.493 e. The summed E-state index contributed by atoms with van der Waals surface area (Å²) in [6, 6.07) is 3.79. The van der Waals surface area contributed by atoms with Crippen LogP contribution in [0.25, 0.3) is 11.1 Å². The zero-order valence-electron chi connectivity index (χ0n) is 16.0. The molecule has 0 spiro atoms. The van der Waals surface area contributed by atoms with Gasteiger partial charge in [-0.15, -0.1) is 22.9 Å². The number of fused-ring (bicyclic) bond motifs is 3. The summed E-state index contributed by atoms with van der Waals surface area (Å²) in [5.74, 6) is 1.02. The van der Waals surface area contributed by atoms with E-state index >= 15 is 0 Å². The van der Waals surface area contributed by atoms with E-state index in [4.69, 9.17) is 25.8 Å². The molecule has 0 fully saturated rings. The fourth-order valence-corrected chi connectivity index (χ4v) is 4.64. The molecule has 0 unspecified atom stereocenters. The third-order valence-corrected chi connectivity index (χ3v) is 5.85. The summed E-state index contributed by atoms with van der Waals surface area (Å²) in [7, 11) is 3.16. The Bertz CT molecular complexity index is 908. The number of amides is 1. The number of hydrogen-bond acceptors (Lipinski definition) is 6. The average Bonchev–Trinajstić information content (AvgIpc) is 3.19. The minimum absolute atomic E-state index is 0.168. The second-order valence-electron chi connectivity index (χ2n) is 6.21. The van der Waals surface area contributed by atoms with Crippen LogP contribution in [-0.2, 0) is 16.0 Å². The van der Waals surface area contributed by atoms with Crippen molar-refractivity contribution in [3.8, 4) is 22.6 Å². The fourth-order valence-electron chi connectivity index (χ4n) is 3.26. The highest BCUT2D eigenvalue weighted by molar-refractivity contribution is 7.17. The lowest BCUT2D eigenvalue weighted by molar-refractivity contribution is -0.116. The molecule has 0 saturated heterocycles. The number of hydrogen-bond donors (Lipinski definition) is 1. The fraction of sp³-hybridized carbons (Fsp3) is 0.400. The molecular formula is C20H22ClNO5S. The Hall–Kier alpha value is -2.25. The van der Waals surface area contributed by atoms with Crippen LogP contribution in [0.1, 0.15) is 40.6 Å². The van der Waals surface area contributed by atoms with Crippen molar-refractivity contribution in [3.63, 3.8) is 0 Å². The van der Waals surface area contributed by atoms with Crippen molar-refractivity contribution >= 4 is 39.8 Å². The maximum atomic E-state index is 12.7. The van der Waals surface area contributed by atoms with Crippen molar-refractivity contribution in [2.75, 3.05) is 32.0 Å². The Morgan fingerprint density at radius 1 is 1.21 bits per heavy atom. The number of ether oxygens (including phenoxy) is 3. The summed E-state index contributed by atoms with van der Waals surface area (Å²) in [5, 5.41) is 3.38. The highest BCUT2D eigenvalue weighted by Crippen LogP contribution is 2.50. The average molecular weight is 424 g/mol. The first kappa shape index (κ1) is 20.5. The summed E-state index contributed by atoms with van der Waals surface area (Å²) in [6.45, 7) is 2.01. The molecule has 6 nitrogen and oxygen atoms in total. The molecule has 3 rings (SSSR count). The molecule has 1 heterocycles. The molecule has 1 aliphatic rings. The topological polar surface area (TPSA) is 73.9 Å². The summed E-state index contributed by atoms with van der Waals surface area (Å²) < 4.78 is 16.1. The lowest BCUT2D eigenvalue weighted by Gasteiger charge is -2.12. The van der Waals surface area contributed by atoms with Gasteiger partial charge >= 0.3 is 5.97 Å². The number of alkyl halides is 1. The van der Waals surface area contributed by atoms with Gasteiger partial charge in [0, 0.05) is 29.2 Å². The van der Waals surface area contributed by atoms with Gasteiger partial charge in [-0.1, -0.05) is 0 Å². The number of esters is 1. The third-order valence-electron chi connectivity index (χ3n) is 4.48. The van der Waals surface area contributed by atoms with E-state index < -0.39 is 5.97 Å². The van der Waals surface area contributed by atoms with Crippen molar-refractivity contribution in [1.29, 1.82) is 0 Å². The van der Waals surface area contributed by atoms with Crippen LogP contribution in [0.3, 0.4) is 0 Å². The number of rotatable bonds is 8. The van der Waals surface area contributed by atoms with Crippen molar-refractivity contribution in [2.45, 2.75) is 26.2 Å². The smallest absolute Gasteiger partial charge is 0.341 e. The summed E-state index contributed by atoms with van der Waals surface area (Å²) in [4.78, 5) is 25.9. The number of methoxy groups -OCH3 is 2. The van der Waals surface area contributed by atoms with E-state index in [9.17, 15) is 9.59 Å². The molecule has 1 aromatic heterocycles. The lowest BCUT2D eigenvalue weighted by atomic mass is 10.0. The van der Waals surface area contributed by atoms with Crippen LogP contribution in [0.5, 0.6) is 11.5 Å². The van der Waals surface area contributed by atoms with Crippen LogP contribution < -0.4 is 14.8 Å². The van der Waals surface area contributed by atoms with Gasteiger partial charge in [0.25, 0.3) is 0 Å². The van der Waals surface area contributed by atoms with Gasteiger partial charge in [0.05, 0.1) is 20.8 Å². The molecule has 0 aliphatic heterocycles. The zero-order chi connectivity index (χ0) is 20.3. The van der Waals surface area contributed by atoms with Crippen molar-refractivity contribution < 1.29 is 23.8 Å². The second kappa shape index (κ2) is 8.84. The molecule has 1 N–H and O–H groups in total. The van der Waals surface area contributed by atoms with Gasteiger partial charge in [-0.25, -0.2) is 4.79 Å². The Balaban J connectivity index is 2.07. The van der Waals surface area contributed by atoms with Crippen molar-refractivity contribution in [2.24, 2.45) is 0 Å². The molecule has 150 valence electrons. The largest absolute Gasteiger partial charge is 0.493 e. The molecule has 1 aromatic carbocycles. The Morgan fingerprint density at radius 3 is 2.57 bits per heavy atom. The predicted octanol–water partition coefficient (Wildman–Crippen LogP) is 4.47. The lowest BCUT2D eigenvalue weighted by Crippen LogP contribution is -2.14. The van der Waals surface area contributed by atoms with E-state index in [0.717, 1.165) is 21.6 Å². The van der Waals surface area contributed by atoms with E-state index in [2.05, 4.69) is 5.32 Å². The van der Waals surface area contributed by atoms with Crippen molar-refractivity contribution in [1.82, 2.24) is 0 Å². The van der Waals surface area contributed by atoms with E-state index in [-0.39, 0.29) is 12.5 Å². The van der Waals surface area contributed by atoms with E-state index in [1.54, 1.807) is 21.1 Å². The first-order valence-electron chi connectivity index (χ1n) is 8.97. The maximum Gasteiger partial charge on any atom is 0.341 e. The molecule has 1 aliphatic carbocycles. The van der Waals surface area contributed by atoms with Crippen LogP contribution >= 0.6 is 22.9 Å². The molecule has 0 atom stereocenters.